The van der Waals surface area contributed by atoms with E-state index in [1.54, 1.807) is 29.4 Å². The van der Waals surface area contributed by atoms with Crippen LogP contribution in [0.15, 0.2) is 29.3 Å². The van der Waals surface area contributed by atoms with Gasteiger partial charge in [-0.3, -0.25) is 19.4 Å². The molecule has 1 N–H and O–H groups in total. The van der Waals surface area contributed by atoms with Crippen LogP contribution in [0.2, 0.25) is 0 Å². The first-order valence-corrected chi connectivity index (χ1v) is 10.7. The van der Waals surface area contributed by atoms with E-state index in [-0.39, 0.29) is 23.4 Å². The highest BCUT2D eigenvalue weighted by atomic mass is 16.2. The number of amides is 2. The van der Waals surface area contributed by atoms with Gasteiger partial charge in [-0.2, -0.15) is 0 Å². The van der Waals surface area contributed by atoms with Gasteiger partial charge in [0.25, 0.3) is 11.5 Å². The Morgan fingerprint density at radius 1 is 1.20 bits per heavy atom. The molecule has 158 valence electrons. The number of fused-ring (bicyclic) bond motifs is 1. The molecule has 2 aromatic rings. The minimum Gasteiger partial charge on any atom is -0.333 e. The van der Waals surface area contributed by atoms with Gasteiger partial charge in [0.15, 0.2) is 0 Å². The van der Waals surface area contributed by atoms with E-state index in [0.717, 1.165) is 25.7 Å². The highest BCUT2D eigenvalue weighted by Gasteiger charge is 2.31. The molecule has 0 radical (unpaired) electrons. The smallest absolute Gasteiger partial charge is 0.254 e. The number of carbonyl (C=O) groups is 2. The molecule has 2 aliphatic rings. The summed E-state index contributed by atoms with van der Waals surface area (Å²) in [6.07, 6.45) is 7.70. The van der Waals surface area contributed by atoms with E-state index >= 15 is 0 Å². The van der Waals surface area contributed by atoms with Crippen molar-refractivity contribution in [1.82, 2.24) is 24.8 Å². The van der Waals surface area contributed by atoms with Gasteiger partial charge >= 0.3 is 0 Å². The number of aromatic nitrogens is 3. The van der Waals surface area contributed by atoms with Crippen molar-refractivity contribution in [1.29, 1.82) is 0 Å². The van der Waals surface area contributed by atoms with Crippen LogP contribution in [0.4, 0.5) is 0 Å². The maximum absolute atomic E-state index is 12.8. The summed E-state index contributed by atoms with van der Waals surface area (Å²) < 4.78 is 0. The van der Waals surface area contributed by atoms with Crippen LogP contribution in [-0.2, 0) is 17.8 Å². The fourth-order valence-electron chi connectivity index (χ4n) is 4.34. The molecule has 1 atom stereocenters. The summed E-state index contributed by atoms with van der Waals surface area (Å²) in [5, 5.41) is 0. The van der Waals surface area contributed by atoms with Gasteiger partial charge in [-0.1, -0.05) is 6.92 Å². The van der Waals surface area contributed by atoms with Gasteiger partial charge in [0.1, 0.15) is 5.82 Å². The van der Waals surface area contributed by atoms with E-state index < -0.39 is 0 Å². The second-order valence-corrected chi connectivity index (χ2v) is 7.94. The summed E-state index contributed by atoms with van der Waals surface area (Å²) in [6, 6.07) is 3.17. The van der Waals surface area contributed by atoms with E-state index in [1.807, 2.05) is 11.8 Å². The zero-order valence-corrected chi connectivity index (χ0v) is 17.3. The molecule has 2 aliphatic heterocycles. The van der Waals surface area contributed by atoms with Gasteiger partial charge in [-0.15, -0.1) is 0 Å². The molecule has 2 aromatic heterocycles. The van der Waals surface area contributed by atoms with Crippen LogP contribution >= 0.6 is 0 Å². The van der Waals surface area contributed by atoms with E-state index in [0.29, 0.717) is 55.1 Å². The molecule has 8 nitrogen and oxygen atoms in total. The van der Waals surface area contributed by atoms with Crippen molar-refractivity contribution in [3.05, 3.63) is 57.5 Å². The van der Waals surface area contributed by atoms with E-state index in [1.165, 1.54) is 0 Å². The minimum atomic E-state index is -0.206. The van der Waals surface area contributed by atoms with Crippen molar-refractivity contribution in [2.75, 3.05) is 13.1 Å². The third-order valence-electron chi connectivity index (χ3n) is 5.91. The molecular weight excluding hydrogens is 382 g/mol. The fraction of sp³-hybridized carbons (Fsp3) is 0.500. The molecule has 8 heteroatoms. The molecular formula is C22H27N5O3. The third-order valence-corrected chi connectivity index (χ3v) is 5.91. The standard InChI is InChI=1S/C22H27N5O3/c1-2-5-19(28)27-12-4-3-6-18(27)20-24-17-14-26(13-9-16(17)21(29)25-20)22(30)15-7-10-23-11-8-15/h7-8,10-11,18H,2-6,9,12-14H2,1H3,(H,24,25,29)/t18-/m0/s1. The Bertz CT molecular complexity index is 988. The minimum absolute atomic E-state index is 0.0934. The van der Waals surface area contributed by atoms with Gasteiger partial charge in [0, 0.05) is 43.0 Å². The number of nitrogens with zero attached hydrogens (tertiary/aromatic N) is 4. The Morgan fingerprint density at radius 2 is 2.00 bits per heavy atom. The van der Waals surface area contributed by atoms with Crippen molar-refractivity contribution in [3.63, 3.8) is 0 Å². The molecule has 4 rings (SSSR count). The number of nitrogens with one attached hydrogen (secondary N) is 1. The maximum atomic E-state index is 12.8. The molecule has 0 bridgehead atoms. The Labute approximate surface area is 175 Å². The predicted molar refractivity (Wildman–Crippen MR) is 111 cm³/mol. The molecule has 0 saturated carbocycles. The van der Waals surface area contributed by atoms with Crippen LogP contribution < -0.4 is 5.56 Å². The summed E-state index contributed by atoms with van der Waals surface area (Å²) >= 11 is 0. The van der Waals surface area contributed by atoms with Crippen LogP contribution in [0.5, 0.6) is 0 Å². The third kappa shape index (κ3) is 3.99. The number of H-pyrrole nitrogens is 1. The molecule has 1 fully saturated rings. The molecule has 30 heavy (non-hydrogen) atoms. The highest BCUT2D eigenvalue weighted by Crippen LogP contribution is 2.30. The summed E-state index contributed by atoms with van der Waals surface area (Å²) in [7, 11) is 0. The number of pyridine rings is 1. The zero-order chi connectivity index (χ0) is 21.1. The average Bonchev–Trinajstić information content (AvgIpc) is 2.79. The van der Waals surface area contributed by atoms with Gasteiger partial charge < -0.3 is 14.8 Å². The molecule has 0 aromatic carbocycles. The molecule has 1 saturated heterocycles. The van der Waals surface area contributed by atoms with Crippen LogP contribution in [0.3, 0.4) is 0 Å². The lowest BCUT2D eigenvalue weighted by molar-refractivity contribution is -0.135. The number of likely N-dealkylation sites (tertiary alicyclic amines) is 1. The molecule has 2 amide bonds. The number of hydrogen-bond donors (Lipinski definition) is 1. The Kier molecular flexibility index (Phi) is 5.92. The quantitative estimate of drug-likeness (QED) is 0.835. The second kappa shape index (κ2) is 8.77. The van der Waals surface area contributed by atoms with E-state index in [4.69, 9.17) is 4.98 Å². The Balaban J connectivity index is 1.61. The number of rotatable bonds is 4. The summed E-state index contributed by atoms with van der Waals surface area (Å²) in [4.78, 5) is 53.4. The molecule has 0 spiro atoms. The summed E-state index contributed by atoms with van der Waals surface area (Å²) in [5.74, 6) is 0.558. The number of piperidine rings is 1. The average molecular weight is 409 g/mol. The van der Waals surface area contributed by atoms with Gasteiger partial charge in [-0.25, -0.2) is 4.98 Å². The van der Waals surface area contributed by atoms with Crippen molar-refractivity contribution >= 4 is 11.8 Å². The van der Waals surface area contributed by atoms with Gasteiger partial charge in [-0.05, 0) is 44.2 Å². The largest absolute Gasteiger partial charge is 0.333 e. The fourth-order valence-corrected chi connectivity index (χ4v) is 4.34. The topological polar surface area (TPSA) is 99.3 Å². The summed E-state index contributed by atoms with van der Waals surface area (Å²) in [5.41, 5.74) is 1.69. The molecule has 0 unspecified atom stereocenters. The van der Waals surface area contributed by atoms with E-state index in [9.17, 15) is 14.4 Å². The van der Waals surface area contributed by atoms with Crippen LogP contribution in [0, 0.1) is 0 Å². The van der Waals surface area contributed by atoms with E-state index in [2.05, 4.69) is 9.97 Å². The lowest BCUT2D eigenvalue weighted by atomic mass is 9.99. The second-order valence-electron chi connectivity index (χ2n) is 7.94. The lowest BCUT2D eigenvalue weighted by Gasteiger charge is -2.36. The number of hydrogen-bond acceptors (Lipinski definition) is 5. The van der Waals surface area contributed by atoms with Crippen molar-refractivity contribution in [2.45, 2.75) is 58.0 Å². The normalized spacial score (nSPS) is 18.8. The summed E-state index contributed by atoms with van der Waals surface area (Å²) in [6.45, 7) is 3.45. The first-order valence-electron chi connectivity index (χ1n) is 10.7. The first-order chi connectivity index (χ1) is 14.6. The Morgan fingerprint density at radius 3 is 2.77 bits per heavy atom. The van der Waals surface area contributed by atoms with Crippen molar-refractivity contribution < 1.29 is 9.59 Å². The van der Waals surface area contributed by atoms with Crippen LogP contribution in [0.25, 0.3) is 0 Å². The monoisotopic (exact) mass is 409 g/mol. The zero-order valence-electron chi connectivity index (χ0n) is 17.3. The van der Waals surface area contributed by atoms with Gasteiger partial charge in [0.05, 0.1) is 18.3 Å². The maximum Gasteiger partial charge on any atom is 0.254 e. The van der Waals surface area contributed by atoms with Crippen LogP contribution in [-0.4, -0.2) is 49.7 Å². The number of aromatic amines is 1. The number of carbonyl (C=O) groups excluding carboxylic acids is 2. The highest BCUT2D eigenvalue weighted by molar-refractivity contribution is 5.94. The lowest BCUT2D eigenvalue weighted by Crippen LogP contribution is -2.42. The SMILES string of the molecule is CCCC(=O)N1CCCC[C@H]1c1nc2c(c(=O)[nH]1)CCN(C(=O)c1ccncc1)C2. The first kappa shape index (κ1) is 20.3. The van der Waals surface area contributed by atoms with Gasteiger partial charge in [0.2, 0.25) is 5.91 Å². The van der Waals surface area contributed by atoms with Crippen molar-refractivity contribution in [3.8, 4) is 0 Å². The van der Waals surface area contributed by atoms with Crippen LogP contribution in [0.1, 0.15) is 72.5 Å². The molecule has 4 heterocycles. The predicted octanol–water partition coefficient (Wildman–Crippen LogP) is 2.22. The Hall–Kier alpha value is -3.03. The van der Waals surface area contributed by atoms with Crippen molar-refractivity contribution in [2.24, 2.45) is 0 Å². The molecule has 0 aliphatic carbocycles.